The summed E-state index contributed by atoms with van der Waals surface area (Å²) in [6, 6.07) is 10.7. The molecular formula is C15H19N3O. The van der Waals surface area contributed by atoms with Crippen LogP contribution in [-0.2, 0) is 11.3 Å². The summed E-state index contributed by atoms with van der Waals surface area (Å²) in [7, 11) is 0. The first-order valence-corrected chi connectivity index (χ1v) is 6.77. The second-order valence-electron chi connectivity index (χ2n) is 4.93. The SMILES string of the molecule is CC1OCCC1NCc1ccccc1-n1cccn1. The van der Waals surface area contributed by atoms with Crippen LogP contribution >= 0.6 is 0 Å². The van der Waals surface area contributed by atoms with Crippen LogP contribution < -0.4 is 5.32 Å². The van der Waals surface area contributed by atoms with Gasteiger partial charge in [-0.3, -0.25) is 0 Å². The Kier molecular flexibility index (Phi) is 3.62. The number of rotatable bonds is 4. The highest BCUT2D eigenvalue weighted by atomic mass is 16.5. The van der Waals surface area contributed by atoms with Gasteiger partial charge in [0.2, 0.25) is 0 Å². The van der Waals surface area contributed by atoms with Gasteiger partial charge in [0.1, 0.15) is 0 Å². The summed E-state index contributed by atoms with van der Waals surface area (Å²) >= 11 is 0. The summed E-state index contributed by atoms with van der Waals surface area (Å²) in [6.45, 7) is 3.83. The van der Waals surface area contributed by atoms with Crippen molar-refractivity contribution in [1.82, 2.24) is 15.1 Å². The third-order valence-corrected chi connectivity index (χ3v) is 3.67. The molecule has 1 aromatic heterocycles. The van der Waals surface area contributed by atoms with Crippen molar-refractivity contribution in [2.45, 2.75) is 32.0 Å². The highest BCUT2D eigenvalue weighted by Crippen LogP contribution is 2.16. The average Bonchev–Trinajstić information content (AvgIpc) is 3.08. The van der Waals surface area contributed by atoms with E-state index in [1.54, 1.807) is 6.20 Å². The van der Waals surface area contributed by atoms with E-state index in [0.29, 0.717) is 12.1 Å². The monoisotopic (exact) mass is 257 g/mol. The number of para-hydroxylation sites is 1. The van der Waals surface area contributed by atoms with Gasteiger partial charge in [-0.25, -0.2) is 4.68 Å². The van der Waals surface area contributed by atoms with Crippen molar-refractivity contribution in [2.24, 2.45) is 0 Å². The van der Waals surface area contributed by atoms with Crippen LogP contribution in [0.2, 0.25) is 0 Å². The molecule has 2 unspecified atom stereocenters. The maximum atomic E-state index is 5.58. The molecule has 2 heterocycles. The van der Waals surface area contributed by atoms with Gasteiger partial charge in [0.25, 0.3) is 0 Å². The maximum absolute atomic E-state index is 5.58. The molecule has 100 valence electrons. The molecule has 19 heavy (non-hydrogen) atoms. The molecule has 4 heteroatoms. The number of hydrogen-bond acceptors (Lipinski definition) is 3. The van der Waals surface area contributed by atoms with Gasteiger partial charge in [-0.1, -0.05) is 18.2 Å². The maximum Gasteiger partial charge on any atom is 0.0700 e. The van der Waals surface area contributed by atoms with Gasteiger partial charge in [-0.05, 0) is 31.0 Å². The van der Waals surface area contributed by atoms with E-state index >= 15 is 0 Å². The Balaban J connectivity index is 1.74. The topological polar surface area (TPSA) is 39.1 Å². The lowest BCUT2D eigenvalue weighted by atomic mass is 10.1. The minimum absolute atomic E-state index is 0.303. The highest BCUT2D eigenvalue weighted by molar-refractivity contribution is 5.40. The lowest BCUT2D eigenvalue weighted by molar-refractivity contribution is 0.113. The van der Waals surface area contributed by atoms with Crippen LogP contribution in [0.5, 0.6) is 0 Å². The second kappa shape index (κ2) is 5.55. The third kappa shape index (κ3) is 2.69. The van der Waals surface area contributed by atoms with Gasteiger partial charge in [0.15, 0.2) is 0 Å². The molecule has 2 aromatic rings. The van der Waals surface area contributed by atoms with E-state index in [9.17, 15) is 0 Å². The summed E-state index contributed by atoms with van der Waals surface area (Å²) in [5.74, 6) is 0. The smallest absolute Gasteiger partial charge is 0.0700 e. The van der Waals surface area contributed by atoms with Crippen LogP contribution in [0.25, 0.3) is 5.69 Å². The molecule has 0 saturated carbocycles. The van der Waals surface area contributed by atoms with Gasteiger partial charge in [-0.15, -0.1) is 0 Å². The molecule has 1 N–H and O–H groups in total. The quantitative estimate of drug-likeness (QED) is 0.912. The Hall–Kier alpha value is -1.65. The number of nitrogens with one attached hydrogen (secondary N) is 1. The molecule has 1 saturated heterocycles. The molecular weight excluding hydrogens is 238 g/mol. The first kappa shape index (κ1) is 12.4. The van der Waals surface area contributed by atoms with E-state index < -0.39 is 0 Å². The van der Waals surface area contributed by atoms with Crippen LogP contribution in [0.1, 0.15) is 18.9 Å². The molecule has 2 atom stereocenters. The van der Waals surface area contributed by atoms with Crippen LogP contribution in [0.4, 0.5) is 0 Å². The zero-order valence-electron chi connectivity index (χ0n) is 11.1. The van der Waals surface area contributed by atoms with E-state index in [2.05, 4.69) is 35.5 Å². The molecule has 0 spiro atoms. The number of nitrogens with zero attached hydrogens (tertiary/aromatic N) is 2. The minimum atomic E-state index is 0.303. The normalized spacial score (nSPS) is 22.8. The van der Waals surface area contributed by atoms with Crippen molar-refractivity contribution in [3.8, 4) is 5.69 Å². The third-order valence-electron chi connectivity index (χ3n) is 3.67. The van der Waals surface area contributed by atoms with Crippen molar-refractivity contribution in [1.29, 1.82) is 0 Å². The summed E-state index contributed by atoms with van der Waals surface area (Å²) in [4.78, 5) is 0. The molecule has 0 radical (unpaired) electrons. The molecule has 1 aromatic carbocycles. The molecule has 0 bridgehead atoms. The number of hydrogen-bond donors (Lipinski definition) is 1. The van der Waals surface area contributed by atoms with Crippen LogP contribution in [-0.4, -0.2) is 28.5 Å². The Morgan fingerprint density at radius 2 is 2.26 bits per heavy atom. The van der Waals surface area contributed by atoms with Crippen LogP contribution in [0.3, 0.4) is 0 Å². The summed E-state index contributed by atoms with van der Waals surface area (Å²) in [6.07, 6.45) is 5.17. The van der Waals surface area contributed by atoms with Gasteiger partial charge in [0.05, 0.1) is 11.8 Å². The van der Waals surface area contributed by atoms with E-state index in [-0.39, 0.29) is 0 Å². The standard InChI is InChI=1S/C15H19N3O/c1-12-14(7-10-19-12)16-11-13-5-2-3-6-15(13)18-9-4-8-17-18/h2-6,8-9,12,14,16H,7,10-11H2,1H3. The first-order chi connectivity index (χ1) is 9.34. The van der Waals surface area contributed by atoms with Gasteiger partial charge in [0, 0.05) is 31.6 Å². The number of ether oxygens (including phenoxy) is 1. The van der Waals surface area contributed by atoms with Crippen LogP contribution in [0.15, 0.2) is 42.7 Å². The number of aromatic nitrogens is 2. The molecule has 1 aliphatic heterocycles. The summed E-state index contributed by atoms with van der Waals surface area (Å²) in [5.41, 5.74) is 2.39. The summed E-state index contributed by atoms with van der Waals surface area (Å²) < 4.78 is 7.48. The Morgan fingerprint density at radius 3 is 3.00 bits per heavy atom. The fourth-order valence-electron chi connectivity index (χ4n) is 2.54. The Labute approximate surface area is 113 Å². The van der Waals surface area contributed by atoms with Crippen LogP contribution in [0, 0.1) is 0 Å². The van der Waals surface area contributed by atoms with Crippen molar-refractivity contribution in [3.05, 3.63) is 48.3 Å². The van der Waals surface area contributed by atoms with Crippen molar-refractivity contribution in [2.75, 3.05) is 6.61 Å². The lowest BCUT2D eigenvalue weighted by Crippen LogP contribution is -2.34. The molecule has 3 rings (SSSR count). The zero-order chi connectivity index (χ0) is 13.1. The molecule has 1 aliphatic rings. The molecule has 4 nitrogen and oxygen atoms in total. The second-order valence-corrected chi connectivity index (χ2v) is 4.93. The molecule has 0 aliphatic carbocycles. The fourth-order valence-corrected chi connectivity index (χ4v) is 2.54. The largest absolute Gasteiger partial charge is 0.377 e. The van der Waals surface area contributed by atoms with E-state index in [0.717, 1.165) is 25.3 Å². The van der Waals surface area contributed by atoms with E-state index in [4.69, 9.17) is 4.74 Å². The Bertz CT molecular complexity index is 524. The highest BCUT2D eigenvalue weighted by Gasteiger charge is 2.23. The Morgan fingerprint density at radius 1 is 1.37 bits per heavy atom. The van der Waals surface area contributed by atoms with E-state index in [1.165, 1.54) is 5.56 Å². The fraction of sp³-hybridized carbons (Fsp3) is 0.400. The molecule has 0 amide bonds. The minimum Gasteiger partial charge on any atom is -0.377 e. The zero-order valence-corrected chi connectivity index (χ0v) is 11.1. The predicted octanol–water partition coefficient (Wildman–Crippen LogP) is 2.14. The van der Waals surface area contributed by atoms with Crippen molar-refractivity contribution in [3.63, 3.8) is 0 Å². The van der Waals surface area contributed by atoms with Gasteiger partial charge >= 0.3 is 0 Å². The average molecular weight is 257 g/mol. The van der Waals surface area contributed by atoms with Crippen molar-refractivity contribution < 1.29 is 4.74 Å². The van der Waals surface area contributed by atoms with Gasteiger partial charge in [-0.2, -0.15) is 5.10 Å². The predicted molar refractivity (Wildman–Crippen MR) is 74.2 cm³/mol. The lowest BCUT2D eigenvalue weighted by Gasteiger charge is -2.17. The van der Waals surface area contributed by atoms with Crippen molar-refractivity contribution >= 4 is 0 Å². The van der Waals surface area contributed by atoms with Gasteiger partial charge < -0.3 is 10.1 Å². The van der Waals surface area contributed by atoms with E-state index in [1.807, 2.05) is 23.0 Å². The molecule has 1 fully saturated rings. The number of benzene rings is 1. The summed E-state index contributed by atoms with van der Waals surface area (Å²) in [5, 5.41) is 7.89. The first-order valence-electron chi connectivity index (χ1n) is 6.77.